The van der Waals surface area contributed by atoms with Crippen molar-refractivity contribution in [2.45, 2.75) is 6.61 Å². The summed E-state index contributed by atoms with van der Waals surface area (Å²) in [6, 6.07) is 16.5. The molecule has 1 N–H and O–H groups in total. The standard InChI is InChI=1S/C21H15ClFN3O2/c22-14-8-9-18(17(23)11-14)25-21(27)16-5-1-2-6-19(16)28-13-15-12-26-10-4-3-7-20(26)24-15/h1-12H,13H2,(H,25,27). The highest BCUT2D eigenvalue weighted by molar-refractivity contribution is 6.30. The average molecular weight is 396 g/mol. The minimum Gasteiger partial charge on any atom is -0.486 e. The maximum absolute atomic E-state index is 14.0. The minimum atomic E-state index is -0.607. The lowest BCUT2D eigenvalue weighted by Crippen LogP contribution is -2.14. The lowest BCUT2D eigenvalue weighted by atomic mass is 10.2. The second kappa shape index (κ2) is 7.70. The molecule has 7 heteroatoms. The van der Waals surface area contributed by atoms with Crippen molar-refractivity contribution in [2.24, 2.45) is 0 Å². The van der Waals surface area contributed by atoms with Gasteiger partial charge in [0.1, 0.15) is 23.8 Å². The number of amides is 1. The minimum absolute atomic E-state index is 0.0459. The molecule has 0 atom stereocenters. The van der Waals surface area contributed by atoms with Crippen molar-refractivity contribution in [3.05, 3.63) is 95.2 Å². The normalized spacial score (nSPS) is 10.8. The number of anilines is 1. The van der Waals surface area contributed by atoms with Crippen molar-refractivity contribution in [2.75, 3.05) is 5.32 Å². The molecule has 0 aliphatic rings. The number of ether oxygens (including phenoxy) is 1. The number of carbonyl (C=O) groups excluding carboxylic acids is 1. The van der Waals surface area contributed by atoms with Gasteiger partial charge in [0.25, 0.3) is 5.91 Å². The number of imidazole rings is 1. The van der Waals surface area contributed by atoms with E-state index in [0.717, 1.165) is 17.4 Å². The van der Waals surface area contributed by atoms with Gasteiger partial charge in [-0.05, 0) is 42.5 Å². The third-order valence-corrected chi connectivity index (χ3v) is 4.34. The Hall–Kier alpha value is -3.38. The van der Waals surface area contributed by atoms with E-state index in [1.807, 2.05) is 35.0 Å². The van der Waals surface area contributed by atoms with E-state index in [9.17, 15) is 9.18 Å². The molecule has 4 aromatic rings. The van der Waals surface area contributed by atoms with Gasteiger partial charge in [-0.3, -0.25) is 4.79 Å². The molecular weight excluding hydrogens is 381 g/mol. The number of halogens is 2. The Bertz CT molecular complexity index is 1130. The van der Waals surface area contributed by atoms with Gasteiger partial charge in [-0.1, -0.05) is 29.8 Å². The molecule has 0 aliphatic carbocycles. The summed E-state index contributed by atoms with van der Waals surface area (Å²) in [5.74, 6) is -0.706. The largest absolute Gasteiger partial charge is 0.486 e. The first-order valence-corrected chi connectivity index (χ1v) is 8.89. The van der Waals surface area contributed by atoms with Gasteiger partial charge >= 0.3 is 0 Å². The van der Waals surface area contributed by atoms with Crippen LogP contribution >= 0.6 is 11.6 Å². The number of fused-ring (bicyclic) bond motifs is 1. The predicted molar refractivity (Wildman–Crippen MR) is 105 cm³/mol. The summed E-state index contributed by atoms with van der Waals surface area (Å²) in [6.45, 7) is 0.196. The Labute approximate surface area is 165 Å². The van der Waals surface area contributed by atoms with Gasteiger partial charge in [0.2, 0.25) is 0 Å². The molecule has 0 fully saturated rings. The highest BCUT2D eigenvalue weighted by atomic mass is 35.5. The lowest BCUT2D eigenvalue weighted by Gasteiger charge is -2.11. The van der Waals surface area contributed by atoms with Crippen LogP contribution in [0.4, 0.5) is 10.1 Å². The van der Waals surface area contributed by atoms with Crippen LogP contribution in [0, 0.1) is 5.82 Å². The number of hydrogen-bond acceptors (Lipinski definition) is 3. The molecule has 5 nitrogen and oxygen atoms in total. The van der Waals surface area contributed by atoms with Gasteiger partial charge < -0.3 is 14.5 Å². The fraction of sp³-hybridized carbons (Fsp3) is 0.0476. The number of hydrogen-bond donors (Lipinski definition) is 1. The van der Waals surface area contributed by atoms with E-state index >= 15 is 0 Å². The summed E-state index contributed by atoms with van der Waals surface area (Å²) in [5, 5.41) is 2.80. The van der Waals surface area contributed by atoms with Crippen LogP contribution < -0.4 is 10.1 Å². The number of pyridine rings is 1. The quantitative estimate of drug-likeness (QED) is 0.519. The van der Waals surface area contributed by atoms with Gasteiger partial charge in [0.05, 0.1) is 16.9 Å². The van der Waals surface area contributed by atoms with Crippen molar-refractivity contribution in [3.8, 4) is 5.75 Å². The Morgan fingerprint density at radius 1 is 1.14 bits per heavy atom. The predicted octanol–water partition coefficient (Wildman–Crippen LogP) is 4.96. The van der Waals surface area contributed by atoms with E-state index in [-0.39, 0.29) is 17.3 Å². The molecular formula is C21H15ClFN3O2. The van der Waals surface area contributed by atoms with Crippen molar-refractivity contribution < 1.29 is 13.9 Å². The van der Waals surface area contributed by atoms with Crippen LogP contribution in [-0.2, 0) is 6.61 Å². The molecule has 0 spiro atoms. The van der Waals surface area contributed by atoms with Crippen LogP contribution in [0.1, 0.15) is 16.1 Å². The molecule has 140 valence electrons. The summed E-state index contributed by atoms with van der Waals surface area (Å²) in [7, 11) is 0. The Morgan fingerprint density at radius 2 is 1.96 bits per heavy atom. The van der Waals surface area contributed by atoms with Gasteiger partial charge in [0, 0.05) is 17.4 Å². The van der Waals surface area contributed by atoms with Crippen molar-refractivity contribution in [1.82, 2.24) is 9.38 Å². The number of nitrogens with zero attached hydrogens (tertiary/aromatic N) is 2. The fourth-order valence-corrected chi connectivity index (χ4v) is 2.93. The highest BCUT2D eigenvalue weighted by Gasteiger charge is 2.15. The fourth-order valence-electron chi connectivity index (χ4n) is 2.77. The molecule has 0 radical (unpaired) electrons. The molecule has 2 aromatic heterocycles. The van der Waals surface area contributed by atoms with Crippen LogP contribution in [0.3, 0.4) is 0 Å². The van der Waals surface area contributed by atoms with Crippen LogP contribution in [0.2, 0.25) is 5.02 Å². The maximum Gasteiger partial charge on any atom is 0.259 e. The zero-order chi connectivity index (χ0) is 19.5. The Kier molecular flexibility index (Phi) is 4.95. The first-order valence-electron chi connectivity index (χ1n) is 8.51. The molecule has 4 rings (SSSR count). The summed E-state index contributed by atoms with van der Waals surface area (Å²) in [4.78, 5) is 17.1. The second-order valence-corrected chi connectivity index (χ2v) is 6.50. The van der Waals surface area contributed by atoms with E-state index < -0.39 is 11.7 Å². The molecule has 0 aliphatic heterocycles. The lowest BCUT2D eigenvalue weighted by molar-refractivity contribution is 0.102. The SMILES string of the molecule is O=C(Nc1ccc(Cl)cc1F)c1ccccc1OCc1cn2ccccc2n1. The smallest absolute Gasteiger partial charge is 0.259 e. The van der Waals surface area contributed by atoms with E-state index in [2.05, 4.69) is 10.3 Å². The highest BCUT2D eigenvalue weighted by Crippen LogP contribution is 2.23. The van der Waals surface area contributed by atoms with Gasteiger partial charge in [0.15, 0.2) is 0 Å². The molecule has 0 bridgehead atoms. The second-order valence-electron chi connectivity index (χ2n) is 6.06. The number of benzene rings is 2. The Balaban J connectivity index is 1.52. The van der Waals surface area contributed by atoms with Crippen LogP contribution in [0.5, 0.6) is 5.75 Å². The van der Waals surface area contributed by atoms with E-state index in [1.165, 1.54) is 12.1 Å². The number of aromatic nitrogens is 2. The summed E-state index contributed by atoms with van der Waals surface area (Å²) < 4.78 is 21.7. The zero-order valence-corrected chi connectivity index (χ0v) is 15.4. The third-order valence-electron chi connectivity index (χ3n) is 4.10. The number of rotatable bonds is 5. The molecule has 2 heterocycles. The van der Waals surface area contributed by atoms with Crippen LogP contribution in [0.25, 0.3) is 5.65 Å². The van der Waals surface area contributed by atoms with Crippen molar-refractivity contribution in [3.63, 3.8) is 0 Å². The molecule has 28 heavy (non-hydrogen) atoms. The molecule has 0 saturated heterocycles. The van der Waals surface area contributed by atoms with Crippen molar-refractivity contribution in [1.29, 1.82) is 0 Å². The first-order chi connectivity index (χ1) is 13.6. The molecule has 1 amide bonds. The average Bonchev–Trinajstić information content (AvgIpc) is 3.12. The van der Waals surface area contributed by atoms with E-state index in [1.54, 1.807) is 24.3 Å². The number of carbonyl (C=O) groups is 1. The molecule has 0 saturated carbocycles. The van der Waals surface area contributed by atoms with E-state index in [0.29, 0.717) is 11.3 Å². The van der Waals surface area contributed by atoms with Gasteiger partial charge in [-0.15, -0.1) is 0 Å². The molecule has 0 unspecified atom stereocenters. The topological polar surface area (TPSA) is 55.6 Å². The van der Waals surface area contributed by atoms with Gasteiger partial charge in [-0.25, -0.2) is 9.37 Å². The van der Waals surface area contributed by atoms with E-state index in [4.69, 9.17) is 16.3 Å². The van der Waals surface area contributed by atoms with Crippen molar-refractivity contribution >= 4 is 28.8 Å². The monoisotopic (exact) mass is 395 g/mol. The van der Waals surface area contributed by atoms with Crippen LogP contribution in [0.15, 0.2) is 73.1 Å². The van der Waals surface area contributed by atoms with Crippen LogP contribution in [-0.4, -0.2) is 15.3 Å². The molecule has 2 aromatic carbocycles. The summed E-state index contributed by atoms with van der Waals surface area (Å²) in [5.41, 5.74) is 1.88. The third kappa shape index (κ3) is 3.82. The number of nitrogens with one attached hydrogen (secondary N) is 1. The summed E-state index contributed by atoms with van der Waals surface area (Å²) in [6.07, 6.45) is 3.76. The van der Waals surface area contributed by atoms with Gasteiger partial charge in [-0.2, -0.15) is 0 Å². The Morgan fingerprint density at radius 3 is 2.79 bits per heavy atom. The summed E-state index contributed by atoms with van der Waals surface area (Å²) >= 11 is 5.74. The maximum atomic E-state index is 14.0. The number of para-hydroxylation sites is 1. The first kappa shape index (κ1) is 18.0. The zero-order valence-electron chi connectivity index (χ0n) is 14.6.